The molecule has 0 amide bonds. The molecule has 2 N–H and O–H groups in total. The summed E-state index contributed by atoms with van der Waals surface area (Å²) in [5.74, 6) is -2.18. The average molecular weight is 287 g/mol. The summed E-state index contributed by atoms with van der Waals surface area (Å²) in [4.78, 5) is 21.9. The van der Waals surface area contributed by atoms with Gasteiger partial charge >= 0.3 is 11.9 Å². The van der Waals surface area contributed by atoms with Crippen LogP contribution in [-0.2, 0) is 6.42 Å². The Morgan fingerprint density at radius 3 is 2.00 bits per heavy atom. The molecule has 0 aliphatic carbocycles. The molecule has 0 unspecified atom stereocenters. The van der Waals surface area contributed by atoms with Crippen LogP contribution in [0.1, 0.15) is 32.7 Å². The van der Waals surface area contributed by atoms with E-state index in [9.17, 15) is 9.59 Å². The second kappa shape index (κ2) is 5.65. The van der Waals surface area contributed by atoms with Gasteiger partial charge in [0.1, 0.15) is 0 Å². The van der Waals surface area contributed by atoms with Crippen LogP contribution in [0.3, 0.4) is 0 Å². The van der Waals surface area contributed by atoms with E-state index in [-0.39, 0.29) is 11.1 Å². The maximum absolute atomic E-state index is 11.0. The summed E-state index contributed by atoms with van der Waals surface area (Å²) in [6, 6.07) is 4.31. The lowest BCUT2D eigenvalue weighted by molar-refractivity contribution is 0.0695. The lowest BCUT2D eigenvalue weighted by Gasteiger charge is -2.08. The van der Waals surface area contributed by atoms with E-state index in [1.54, 1.807) is 0 Å². The van der Waals surface area contributed by atoms with Crippen molar-refractivity contribution in [3.8, 4) is 0 Å². The average Bonchev–Trinajstić information content (AvgIpc) is 2.25. The van der Waals surface area contributed by atoms with E-state index in [0.29, 0.717) is 23.7 Å². The van der Waals surface area contributed by atoms with E-state index in [4.69, 9.17) is 10.2 Å². The number of carbonyl (C=O) groups is 2. The molecule has 0 bridgehead atoms. The fraction of sp³-hybridized carbons (Fsp3) is 0.273. The number of hydrogen-bond donors (Lipinski definition) is 2. The van der Waals surface area contributed by atoms with Gasteiger partial charge in [-0.2, -0.15) is 0 Å². The number of carboxylic acids is 2. The summed E-state index contributed by atoms with van der Waals surface area (Å²) < 4.78 is 0. The Morgan fingerprint density at radius 2 is 1.62 bits per heavy atom. The number of carboxylic acid groups (broad SMARTS) is 2. The molecule has 1 aromatic carbocycles. The molecule has 16 heavy (non-hydrogen) atoms. The number of rotatable bonds is 5. The highest BCUT2D eigenvalue weighted by atomic mass is 79.9. The number of benzene rings is 1. The largest absolute Gasteiger partial charge is 0.478 e. The maximum atomic E-state index is 11.0. The Balaban J connectivity index is 3.23. The van der Waals surface area contributed by atoms with Gasteiger partial charge in [-0.1, -0.05) is 22.0 Å². The minimum absolute atomic E-state index is 0.0702. The van der Waals surface area contributed by atoms with Crippen molar-refractivity contribution in [1.29, 1.82) is 0 Å². The quantitative estimate of drug-likeness (QED) is 0.815. The highest BCUT2D eigenvalue weighted by Crippen LogP contribution is 2.18. The number of halogens is 1. The van der Waals surface area contributed by atoms with Crippen LogP contribution in [0.25, 0.3) is 0 Å². The zero-order valence-corrected chi connectivity index (χ0v) is 10.0. The van der Waals surface area contributed by atoms with Gasteiger partial charge in [0.15, 0.2) is 0 Å². The Bertz CT molecular complexity index is 382. The molecular formula is C11H11BrO4. The first-order valence-corrected chi connectivity index (χ1v) is 5.84. The van der Waals surface area contributed by atoms with Crippen LogP contribution < -0.4 is 0 Å². The molecule has 0 aliphatic rings. The van der Waals surface area contributed by atoms with Crippen molar-refractivity contribution < 1.29 is 19.8 Å². The molecule has 0 fully saturated rings. The van der Waals surface area contributed by atoms with Crippen molar-refractivity contribution in [2.75, 3.05) is 5.33 Å². The molecule has 86 valence electrons. The molecule has 1 aromatic rings. The first-order chi connectivity index (χ1) is 7.57. The summed E-state index contributed by atoms with van der Waals surface area (Å²) in [5.41, 5.74) is 0.531. The monoisotopic (exact) mass is 286 g/mol. The summed E-state index contributed by atoms with van der Waals surface area (Å²) in [6.07, 6.45) is 1.14. The molecule has 0 atom stereocenters. The lowest BCUT2D eigenvalue weighted by Crippen LogP contribution is -2.10. The van der Waals surface area contributed by atoms with Gasteiger partial charge in [-0.15, -0.1) is 0 Å². The third kappa shape index (κ3) is 2.82. The topological polar surface area (TPSA) is 74.6 Å². The Hall–Kier alpha value is -1.36. The smallest absolute Gasteiger partial charge is 0.335 e. The maximum Gasteiger partial charge on any atom is 0.335 e. The van der Waals surface area contributed by atoms with Gasteiger partial charge in [0.2, 0.25) is 0 Å². The number of aromatic carboxylic acids is 2. The van der Waals surface area contributed by atoms with Gasteiger partial charge in [-0.25, -0.2) is 9.59 Å². The van der Waals surface area contributed by atoms with Gasteiger partial charge in [-0.3, -0.25) is 0 Å². The number of alkyl halides is 1. The Morgan fingerprint density at radius 1 is 1.12 bits per heavy atom. The molecule has 0 saturated heterocycles. The van der Waals surface area contributed by atoms with E-state index in [0.717, 1.165) is 0 Å². The van der Waals surface area contributed by atoms with Gasteiger partial charge in [0.25, 0.3) is 0 Å². The molecule has 0 aromatic heterocycles. The zero-order chi connectivity index (χ0) is 12.1. The van der Waals surface area contributed by atoms with Crippen LogP contribution in [0.2, 0.25) is 0 Å². The molecule has 0 saturated carbocycles. The van der Waals surface area contributed by atoms with Crippen LogP contribution in [0, 0.1) is 0 Å². The summed E-state index contributed by atoms with van der Waals surface area (Å²) in [7, 11) is 0. The minimum atomic E-state index is -1.09. The van der Waals surface area contributed by atoms with E-state index >= 15 is 0 Å². The molecule has 1 rings (SSSR count). The zero-order valence-electron chi connectivity index (χ0n) is 8.44. The van der Waals surface area contributed by atoms with Crippen molar-refractivity contribution in [2.45, 2.75) is 12.8 Å². The van der Waals surface area contributed by atoms with Crippen LogP contribution >= 0.6 is 15.9 Å². The van der Waals surface area contributed by atoms with Crippen LogP contribution in [-0.4, -0.2) is 27.5 Å². The molecule has 0 heterocycles. The van der Waals surface area contributed by atoms with Gasteiger partial charge in [0, 0.05) is 5.33 Å². The third-order valence-electron chi connectivity index (χ3n) is 2.20. The van der Waals surface area contributed by atoms with Crippen molar-refractivity contribution >= 4 is 27.9 Å². The van der Waals surface area contributed by atoms with E-state index < -0.39 is 11.9 Å². The fourth-order valence-electron chi connectivity index (χ4n) is 1.50. The van der Waals surface area contributed by atoms with Gasteiger partial charge in [0.05, 0.1) is 11.1 Å². The summed E-state index contributed by atoms with van der Waals surface area (Å²) in [6.45, 7) is 0. The highest BCUT2D eigenvalue weighted by molar-refractivity contribution is 9.09. The van der Waals surface area contributed by atoms with Crippen LogP contribution in [0.15, 0.2) is 18.2 Å². The molecule has 0 radical (unpaired) electrons. The molecule has 0 spiro atoms. The standard InChI is InChI=1S/C11H11BrO4/c12-6-2-5-7-8(10(13)14)3-1-4-9(7)11(15)16/h1,3-4H,2,5-6H2,(H,13,14)(H,15,16). The summed E-state index contributed by atoms with van der Waals surface area (Å²) >= 11 is 3.24. The number of hydrogen-bond acceptors (Lipinski definition) is 2. The molecular weight excluding hydrogens is 276 g/mol. The second-order valence-electron chi connectivity index (χ2n) is 3.23. The van der Waals surface area contributed by atoms with Gasteiger partial charge < -0.3 is 10.2 Å². The van der Waals surface area contributed by atoms with E-state index in [2.05, 4.69) is 15.9 Å². The first-order valence-electron chi connectivity index (χ1n) is 4.72. The molecule has 4 nitrogen and oxygen atoms in total. The van der Waals surface area contributed by atoms with Crippen molar-refractivity contribution in [2.24, 2.45) is 0 Å². The highest BCUT2D eigenvalue weighted by Gasteiger charge is 2.17. The van der Waals surface area contributed by atoms with Crippen LogP contribution in [0.4, 0.5) is 0 Å². The third-order valence-corrected chi connectivity index (χ3v) is 2.76. The first kappa shape index (κ1) is 12.7. The molecule has 0 aliphatic heterocycles. The lowest BCUT2D eigenvalue weighted by atomic mass is 9.97. The van der Waals surface area contributed by atoms with E-state index in [1.807, 2.05) is 0 Å². The van der Waals surface area contributed by atoms with E-state index in [1.165, 1.54) is 18.2 Å². The van der Waals surface area contributed by atoms with Crippen molar-refractivity contribution in [3.63, 3.8) is 0 Å². The fourth-order valence-corrected chi connectivity index (χ4v) is 1.78. The summed E-state index contributed by atoms with van der Waals surface area (Å²) in [5, 5.41) is 18.6. The normalized spacial score (nSPS) is 10.1. The predicted octanol–water partition coefficient (Wildman–Crippen LogP) is 2.41. The Kier molecular flexibility index (Phi) is 4.49. The predicted molar refractivity (Wildman–Crippen MR) is 62.5 cm³/mol. The van der Waals surface area contributed by atoms with Gasteiger partial charge in [-0.05, 0) is 30.5 Å². The molecule has 5 heteroatoms. The van der Waals surface area contributed by atoms with Crippen molar-refractivity contribution in [1.82, 2.24) is 0 Å². The SMILES string of the molecule is O=C(O)c1cccc(C(=O)O)c1CCCBr. The Labute approximate surface area is 101 Å². The van der Waals surface area contributed by atoms with Crippen molar-refractivity contribution in [3.05, 3.63) is 34.9 Å². The second-order valence-corrected chi connectivity index (χ2v) is 4.03. The minimum Gasteiger partial charge on any atom is -0.478 e. The van der Waals surface area contributed by atoms with Crippen LogP contribution in [0.5, 0.6) is 0 Å².